The molecule has 0 fully saturated rings. The maximum Gasteiger partial charge on any atom is 0.322 e. The highest BCUT2D eigenvalue weighted by atomic mass is 16.5. The molecule has 0 aliphatic carbocycles. The quantitative estimate of drug-likeness (QED) is 0.0406. The fourth-order valence-electron chi connectivity index (χ4n) is 4.94. The first-order valence-corrected chi connectivity index (χ1v) is 19.4. The summed E-state index contributed by atoms with van der Waals surface area (Å²) in [6, 6.07) is 0. The molecule has 1 unspecified atom stereocenters. The first-order valence-electron chi connectivity index (χ1n) is 19.4. The number of esters is 1. The number of carboxylic acids is 1. The average Bonchev–Trinajstić information content (AvgIpc) is 3.10. The molecular weight excluding hydrogens is 622 g/mol. The maximum absolute atomic E-state index is 12.6. The van der Waals surface area contributed by atoms with Crippen LogP contribution in [0.15, 0.2) is 97.2 Å². The van der Waals surface area contributed by atoms with Gasteiger partial charge in [0.1, 0.15) is 12.6 Å². The molecule has 6 heteroatoms. The van der Waals surface area contributed by atoms with Gasteiger partial charge in [-0.2, -0.15) is 0 Å². The van der Waals surface area contributed by atoms with Gasteiger partial charge in [0.25, 0.3) is 0 Å². The highest BCUT2D eigenvalue weighted by Gasteiger charge is 2.11. The van der Waals surface area contributed by atoms with Crippen LogP contribution in [0.25, 0.3) is 0 Å². The Hall–Kier alpha value is -3.67. The first kappa shape index (κ1) is 46.3. The smallest absolute Gasteiger partial charge is 0.322 e. The number of aliphatic carboxylic acids is 1. The van der Waals surface area contributed by atoms with Crippen molar-refractivity contribution in [3.8, 4) is 0 Å². The van der Waals surface area contributed by atoms with Gasteiger partial charge in [-0.05, 0) is 96.0 Å². The lowest BCUT2D eigenvalue weighted by atomic mass is 10.1. The predicted molar refractivity (Wildman–Crippen MR) is 212 cm³/mol. The third kappa shape index (κ3) is 37.2. The highest BCUT2D eigenvalue weighted by Crippen LogP contribution is 2.14. The van der Waals surface area contributed by atoms with Crippen LogP contribution in [-0.2, 0) is 19.1 Å². The van der Waals surface area contributed by atoms with Crippen molar-refractivity contribution in [2.45, 2.75) is 155 Å². The Bertz CT molecular complexity index is 1080. The number of hydrogen-bond donors (Lipinski definition) is 2. The van der Waals surface area contributed by atoms with Gasteiger partial charge in [-0.15, -0.1) is 0 Å². The molecule has 0 bridgehead atoms. The van der Waals surface area contributed by atoms with E-state index in [-0.39, 0.29) is 24.5 Å². The number of carbonyl (C=O) groups is 3. The summed E-state index contributed by atoms with van der Waals surface area (Å²) in [5.41, 5.74) is 0. The Morgan fingerprint density at radius 2 is 0.980 bits per heavy atom. The molecule has 6 nitrogen and oxygen atoms in total. The van der Waals surface area contributed by atoms with Crippen LogP contribution in [0.5, 0.6) is 0 Å². The van der Waals surface area contributed by atoms with Crippen LogP contribution in [0.4, 0.5) is 0 Å². The summed E-state index contributed by atoms with van der Waals surface area (Å²) in [7, 11) is 0. The van der Waals surface area contributed by atoms with Gasteiger partial charge < -0.3 is 15.2 Å². The minimum Gasteiger partial charge on any atom is -0.480 e. The topological polar surface area (TPSA) is 92.7 Å². The van der Waals surface area contributed by atoms with Crippen molar-refractivity contribution in [3.63, 3.8) is 0 Å². The van der Waals surface area contributed by atoms with Crippen molar-refractivity contribution in [2.24, 2.45) is 0 Å². The number of carbonyl (C=O) groups excluding carboxylic acids is 2. The number of ether oxygens (including phenoxy) is 1. The third-order valence-electron chi connectivity index (χ3n) is 7.74. The van der Waals surface area contributed by atoms with Crippen LogP contribution in [0.2, 0.25) is 0 Å². The number of allylic oxidation sites excluding steroid dienone is 15. The zero-order chi connectivity index (χ0) is 36.6. The largest absolute Gasteiger partial charge is 0.480 e. The van der Waals surface area contributed by atoms with E-state index in [1.807, 2.05) is 6.08 Å². The normalized spacial score (nSPS) is 13.2. The highest BCUT2D eigenvalue weighted by molar-refractivity contribution is 5.80. The lowest BCUT2D eigenvalue weighted by Gasteiger charge is -2.14. The van der Waals surface area contributed by atoms with Crippen LogP contribution < -0.4 is 5.32 Å². The second kappa shape index (κ2) is 38.1. The summed E-state index contributed by atoms with van der Waals surface area (Å²) in [5, 5.41) is 11.0. The minimum absolute atomic E-state index is 0.115. The van der Waals surface area contributed by atoms with Crippen molar-refractivity contribution in [3.05, 3.63) is 97.2 Å². The molecule has 280 valence electrons. The van der Waals surface area contributed by atoms with Gasteiger partial charge in [0.2, 0.25) is 5.91 Å². The van der Waals surface area contributed by atoms with Gasteiger partial charge in [-0.3, -0.25) is 14.4 Å². The Morgan fingerprint density at radius 1 is 0.540 bits per heavy atom. The monoisotopic (exact) mass is 692 g/mol. The Kier molecular flexibility index (Phi) is 35.3. The van der Waals surface area contributed by atoms with Crippen LogP contribution in [0.1, 0.15) is 149 Å². The molecule has 0 spiro atoms. The number of amides is 1. The molecular formula is C44H69NO5. The van der Waals surface area contributed by atoms with E-state index in [4.69, 9.17) is 9.84 Å². The SMILES string of the molecule is CC/C=C\C/C=C\C/C=C\C/C=C\C/C=C\CCCCCC(=O)OC(/C=C\C/C=C\C/C=C\CC)CCCCCCCCC(=O)NCC(=O)O. The van der Waals surface area contributed by atoms with Gasteiger partial charge in [0.05, 0.1) is 0 Å². The minimum atomic E-state index is -1.03. The van der Waals surface area contributed by atoms with E-state index in [9.17, 15) is 14.4 Å². The molecule has 0 rings (SSSR count). The molecule has 2 N–H and O–H groups in total. The van der Waals surface area contributed by atoms with E-state index < -0.39 is 5.97 Å². The number of carboxylic acid groups (broad SMARTS) is 1. The molecule has 1 amide bonds. The second-order valence-electron chi connectivity index (χ2n) is 12.4. The van der Waals surface area contributed by atoms with Crippen LogP contribution >= 0.6 is 0 Å². The van der Waals surface area contributed by atoms with E-state index >= 15 is 0 Å². The zero-order valence-electron chi connectivity index (χ0n) is 31.5. The molecule has 0 heterocycles. The molecule has 0 saturated heterocycles. The summed E-state index contributed by atoms with van der Waals surface area (Å²) >= 11 is 0. The number of unbranched alkanes of at least 4 members (excludes halogenated alkanes) is 8. The van der Waals surface area contributed by atoms with Gasteiger partial charge in [-0.1, -0.05) is 137 Å². The predicted octanol–water partition coefficient (Wildman–Crippen LogP) is 11.8. The van der Waals surface area contributed by atoms with Crippen LogP contribution in [0, 0.1) is 0 Å². The van der Waals surface area contributed by atoms with Gasteiger partial charge >= 0.3 is 11.9 Å². The van der Waals surface area contributed by atoms with E-state index in [1.165, 1.54) is 0 Å². The second-order valence-corrected chi connectivity index (χ2v) is 12.4. The molecule has 0 aliphatic heterocycles. The summed E-state index contributed by atoms with van der Waals surface area (Å²) in [6.07, 6.45) is 54.0. The average molecular weight is 692 g/mol. The van der Waals surface area contributed by atoms with Crippen molar-refractivity contribution in [1.29, 1.82) is 0 Å². The fraction of sp³-hybridized carbons (Fsp3) is 0.568. The summed E-state index contributed by atoms with van der Waals surface area (Å²) in [6.45, 7) is 3.96. The molecule has 0 aromatic carbocycles. The summed E-state index contributed by atoms with van der Waals surface area (Å²) in [5.74, 6) is -1.35. The number of hydrogen-bond acceptors (Lipinski definition) is 4. The fourth-order valence-corrected chi connectivity index (χ4v) is 4.94. The van der Waals surface area contributed by atoms with Crippen molar-refractivity contribution >= 4 is 17.8 Å². The van der Waals surface area contributed by atoms with Crippen molar-refractivity contribution in [2.75, 3.05) is 6.54 Å². The summed E-state index contributed by atoms with van der Waals surface area (Å²) < 4.78 is 5.88. The van der Waals surface area contributed by atoms with Crippen molar-refractivity contribution < 1.29 is 24.2 Å². The standard InChI is InChI=1S/C44H69NO5/c1-3-5-7-9-11-13-14-15-16-17-18-19-20-21-22-23-25-31-35-39-44(49)50-41(36-32-28-24-12-10-8-6-4-2)37-33-29-26-27-30-34-38-42(46)45-40-43(47)48/h5-8,11-13,15-16,18-19,21-22,24,32,36,41H,3-4,9-10,14,17,20,23,25-31,33-35,37-40H2,1-2H3,(H,45,46)(H,47,48)/b7-5-,8-6-,13-11-,16-15-,19-18-,22-21-,24-12-,36-32-. The van der Waals surface area contributed by atoms with E-state index in [0.717, 1.165) is 122 Å². The Morgan fingerprint density at radius 3 is 1.52 bits per heavy atom. The van der Waals surface area contributed by atoms with Gasteiger partial charge in [-0.25, -0.2) is 0 Å². The van der Waals surface area contributed by atoms with E-state index in [1.54, 1.807) is 0 Å². The maximum atomic E-state index is 12.6. The van der Waals surface area contributed by atoms with Crippen molar-refractivity contribution in [1.82, 2.24) is 5.32 Å². The number of rotatable bonds is 33. The Labute approximate surface area is 305 Å². The van der Waals surface area contributed by atoms with Crippen LogP contribution in [0.3, 0.4) is 0 Å². The molecule has 1 atom stereocenters. The van der Waals surface area contributed by atoms with E-state index in [2.05, 4.69) is 110 Å². The molecule has 0 aromatic rings. The number of nitrogens with one attached hydrogen (secondary N) is 1. The molecule has 0 aromatic heterocycles. The summed E-state index contributed by atoms with van der Waals surface area (Å²) in [4.78, 5) is 34.8. The van der Waals surface area contributed by atoms with Crippen LogP contribution in [-0.4, -0.2) is 35.6 Å². The lowest BCUT2D eigenvalue weighted by molar-refractivity contribution is -0.147. The molecule has 0 aliphatic rings. The third-order valence-corrected chi connectivity index (χ3v) is 7.74. The first-order chi connectivity index (χ1) is 24.5. The lowest BCUT2D eigenvalue weighted by Crippen LogP contribution is -2.28. The molecule has 50 heavy (non-hydrogen) atoms. The van der Waals surface area contributed by atoms with Gasteiger partial charge in [0, 0.05) is 12.8 Å². The van der Waals surface area contributed by atoms with Gasteiger partial charge in [0.15, 0.2) is 0 Å². The van der Waals surface area contributed by atoms with E-state index in [0.29, 0.717) is 12.8 Å². The Balaban J connectivity index is 4.26. The molecule has 0 saturated carbocycles. The molecule has 0 radical (unpaired) electrons. The zero-order valence-corrected chi connectivity index (χ0v) is 31.5.